The molecule has 3 aromatic rings. The number of hydrogen-bond acceptors (Lipinski definition) is 7. The molecule has 1 atom stereocenters. The highest BCUT2D eigenvalue weighted by Crippen LogP contribution is 2.39. The highest BCUT2D eigenvalue weighted by atomic mass is 32.2. The Bertz CT molecular complexity index is 1240. The number of amides is 2. The molecule has 0 aliphatic carbocycles. The first kappa shape index (κ1) is 28.6. The fourth-order valence-electron chi connectivity index (χ4n) is 3.64. The van der Waals surface area contributed by atoms with Gasteiger partial charge in [-0.05, 0) is 66.4 Å². The Balaban J connectivity index is 1.80. The van der Waals surface area contributed by atoms with E-state index in [9.17, 15) is 9.59 Å². The molecule has 0 aliphatic rings. The predicted octanol–water partition coefficient (Wildman–Crippen LogP) is 5.87. The van der Waals surface area contributed by atoms with Crippen LogP contribution in [0.4, 0.5) is 21.9 Å². The average molecular weight is 536 g/mol. The van der Waals surface area contributed by atoms with Crippen molar-refractivity contribution in [2.75, 3.05) is 35.8 Å². The first-order chi connectivity index (χ1) is 18.2. The van der Waals surface area contributed by atoms with Gasteiger partial charge in [0, 0.05) is 16.0 Å². The topological polar surface area (TPSA) is 123 Å². The van der Waals surface area contributed by atoms with Gasteiger partial charge in [-0.1, -0.05) is 44.2 Å². The number of thioether (sulfide) groups is 1. The molecule has 0 heterocycles. The molecule has 0 aliphatic heterocycles. The van der Waals surface area contributed by atoms with Crippen LogP contribution in [-0.2, 0) is 9.53 Å². The van der Waals surface area contributed by atoms with Gasteiger partial charge in [-0.25, -0.2) is 4.79 Å². The van der Waals surface area contributed by atoms with E-state index in [-0.39, 0.29) is 19.1 Å². The molecule has 0 aromatic heterocycles. The molecule has 2 amide bonds. The first-order valence-corrected chi connectivity index (χ1v) is 13.2. The summed E-state index contributed by atoms with van der Waals surface area (Å²) >= 11 is 1.61. The van der Waals surface area contributed by atoms with Gasteiger partial charge in [0.1, 0.15) is 18.5 Å². The minimum Gasteiger partial charge on any atom is -0.491 e. The number of nitrogen functional groups attached to an aromatic ring is 1. The summed E-state index contributed by atoms with van der Waals surface area (Å²) in [6.07, 6.45) is 3.70. The van der Waals surface area contributed by atoms with E-state index in [2.05, 4.69) is 10.6 Å². The van der Waals surface area contributed by atoms with Gasteiger partial charge in [0.25, 0.3) is 0 Å². The van der Waals surface area contributed by atoms with E-state index in [4.69, 9.17) is 20.3 Å². The zero-order valence-electron chi connectivity index (χ0n) is 21.6. The van der Waals surface area contributed by atoms with Crippen LogP contribution in [0.5, 0.6) is 5.75 Å². The summed E-state index contributed by atoms with van der Waals surface area (Å²) in [5, 5.41) is 14.5. The molecule has 200 valence electrons. The standard InChI is InChI=1S/C29H33N3O5S/c1-29(2,17-16-26(34)32-25-7-5-4-6-24(25)30)27(20-8-12-22(13-9-20)36-19-18-33)37-28(35)31-21-10-14-23(38-3)15-11-21/h4-17,27,33H,18-19,30H2,1-3H3,(H,31,35)(H,32,34)/b17-16+/t27-/m1/s1. The summed E-state index contributed by atoms with van der Waals surface area (Å²) in [4.78, 5) is 26.6. The molecular formula is C29H33N3O5S. The van der Waals surface area contributed by atoms with Crippen molar-refractivity contribution in [2.24, 2.45) is 5.41 Å². The Morgan fingerprint density at radius 2 is 1.71 bits per heavy atom. The van der Waals surface area contributed by atoms with Crippen LogP contribution in [0.3, 0.4) is 0 Å². The maximum absolute atomic E-state index is 12.9. The fourth-order valence-corrected chi connectivity index (χ4v) is 4.05. The largest absolute Gasteiger partial charge is 0.491 e. The van der Waals surface area contributed by atoms with Crippen molar-refractivity contribution >= 4 is 40.8 Å². The van der Waals surface area contributed by atoms with Crippen LogP contribution >= 0.6 is 11.8 Å². The molecule has 0 radical (unpaired) electrons. The monoisotopic (exact) mass is 535 g/mol. The third-order valence-corrected chi connectivity index (χ3v) is 6.41. The van der Waals surface area contributed by atoms with Crippen LogP contribution in [0.1, 0.15) is 25.5 Å². The van der Waals surface area contributed by atoms with Crippen molar-refractivity contribution in [1.29, 1.82) is 0 Å². The number of carbonyl (C=O) groups is 2. The second-order valence-electron chi connectivity index (χ2n) is 9.01. The normalized spacial score (nSPS) is 12.1. The number of benzene rings is 3. The summed E-state index contributed by atoms with van der Waals surface area (Å²) in [6, 6.07) is 21.5. The van der Waals surface area contributed by atoms with Crippen LogP contribution in [0.15, 0.2) is 89.8 Å². The molecule has 0 spiro atoms. The van der Waals surface area contributed by atoms with Crippen molar-refractivity contribution in [3.8, 4) is 5.75 Å². The zero-order valence-corrected chi connectivity index (χ0v) is 22.5. The van der Waals surface area contributed by atoms with E-state index in [1.54, 1.807) is 78.5 Å². The van der Waals surface area contributed by atoms with Gasteiger partial charge >= 0.3 is 6.09 Å². The fraction of sp³-hybridized carbons (Fsp3) is 0.241. The zero-order chi connectivity index (χ0) is 27.5. The van der Waals surface area contributed by atoms with Crippen LogP contribution in [-0.4, -0.2) is 36.6 Å². The Kier molecular flexibility index (Phi) is 10.2. The molecule has 0 saturated heterocycles. The van der Waals surface area contributed by atoms with Crippen LogP contribution in [0.25, 0.3) is 0 Å². The summed E-state index contributed by atoms with van der Waals surface area (Å²) in [5.41, 5.74) is 7.42. The Hall–Kier alpha value is -3.95. The number of aliphatic hydroxyl groups excluding tert-OH is 1. The number of ether oxygens (including phenoxy) is 2. The van der Waals surface area contributed by atoms with Gasteiger partial charge in [-0.2, -0.15) is 0 Å². The van der Waals surface area contributed by atoms with Crippen molar-refractivity contribution in [2.45, 2.75) is 24.8 Å². The Labute approximate surface area is 227 Å². The lowest BCUT2D eigenvalue weighted by Gasteiger charge is -2.31. The number of nitrogens with one attached hydrogen (secondary N) is 2. The predicted molar refractivity (Wildman–Crippen MR) is 152 cm³/mol. The van der Waals surface area contributed by atoms with E-state index >= 15 is 0 Å². The molecule has 0 unspecified atom stereocenters. The van der Waals surface area contributed by atoms with Crippen molar-refractivity contribution in [3.05, 3.63) is 90.5 Å². The van der Waals surface area contributed by atoms with Crippen LogP contribution < -0.4 is 21.1 Å². The van der Waals surface area contributed by atoms with Crippen molar-refractivity contribution in [3.63, 3.8) is 0 Å². The lowest BCUT2D eigenvalue weighted by molar-refractivity contribution is -0.112. The molecule has 38 heavy (non-hydrogen) atoms. The van der Waals surface area contributed by atoms with Crippen LogP contribution in [0, 0.1) is 5.41 Å². The highest BCUT2D eigenvalue weighted by Gasteiger charge is 2.32. The van der Waals surface area contributed by atoms with E-state index in [0.29, 0.717) is 28.4 Å². The van der Waals surface area contributed by atoms with E-state index in [1.807, 2.05) is 32.2 Å². The van der Waals surface area contributed by atoms with Crippen LogP contribution in [0.2, 0.25) is 0 Å². The van der Waals surface area contributed by atoms with Gasteiger partial charge in [0.05, 0.1) is 18.0 Å². The Morgan fingerprint density at radius 3 is 2.34 bits per heavy atom. The summed E-state index contributed by atoms with van der Waals surface area (Å²) in [7, 11) is 0. The van der Waals surface area contributed by atoms with Gasteiger partial charge < -0.3 is 25.6 Å². The Morgan fingerprint density at radius 1 is 1.03 bits per heavy atom. The molecule has 3 rings (SSSR count). The molecule has 0 saturated carbocycles. The average Bonchev–Trinajstić information content (AvgIpc) is 2.91. The SMILES string of the molecule is CSc1ccc(NC(=O)O[C@H](c2ccc(OCCO)cc2)C(C)(C)/C=C/C(=O)Nc2ccccc2N)cc1. The smallest absolute Gasteiger partial charge is 0.412 e. The number of rotatable bonds is 11. The quantitative estimate of drug-likeness (QED) is 0.137. The van der Waals surface area contributed by atoms with Gasteiger partial charge in [0.2, 0.25) is 5.91 Å². The maximum Gasteiger partial charge on any atom is 0.412 e. The lowest BCUT2D eigenvalue weighted by Crippen LogP contribution is -2.28. The maximum atomic E-state index is 12.9. The second kappa shape index (κ2) is 13.6. The molecular weight excluding hydrogens is 502 g/mol. The number of aliphatic hydroxyl groups is 1. The molecule has 8 nitrogen and oxygen atoms in total. The van der Waals surface area contributed by atoms with E-state index in [0.717, 1.165) is 4.90 Å². The number of para-hydroxylation sites is 2. The highest BCUT2D eigenvalue weighted by molar-refractivity contribution is 7.98. The minimum atomic E-state index is -0.785. The minimum absolute atomic E-state index is 0.0971. The summed E-state index contributed by atoms with van der Waals surface area (Å²) in [6.45, 7) is 3.82. The number of anilines is 3. The number of nitrogens with two attached hydrogens (primary N) is 1. The lowest BCUT2D eigenvalue weighted by atomic mass is 9.82. The van der Waals surface area contributed by atoms with E-state index in [1.165, 1.54) is 6.08 Å². The second-order valence-corrected chi connectivity index (χ2v) is 9.89. The molecule has 0 fully saturated rings. The summed E-state index contributed by atoms with van der Waals surface area (Å²) < 4.78 is 11.4. The molecule has 5 N–H and O–H groups in total. The van der Waals surface area contributed by atoms with Crippen molar-refractivity contribution < 1.29 is 24.2 Å². The molecule has 3 aromatic carbocycles. The first-order valence-electron chi connectivity index (χ1n) is 12.0. The third-order valence-electron chi connectivity index (χ3n) is 5.66. The molecule has 9 heteroatoms. The van der Waals surface area contributed by atoms with Gasteiger partial charge in [-0.3, -0.25) is 10.1 Å². The third kappa shape index (κ3) is 8.29. The van der Waals surface area contributed by atoms with E-state index < -0.39 is 17.6 Å². The summed E-state index contributed by atoms with van der Waals surface area (Å²) in [5.74, 6) is 0.217. The molecule has 0 bridgehead atoms. The number of carbonyl (C=O) groups excluding carboxylic acids is 2. The van der Waals surface area contributed by atoms with Gasteiger partial charge in [-0.15, -0.1) is 11.8 Å². The number of hydrogen-bond donors (Lipinski definition) is 4. The van der Waals surface area contributed by atoms with Gasteiger partial charge in [0.15, 0.2) is 0 Å². The van der Waals surface area contributed by atoms with Crippen molar-refractivity contribution in [1.82, 2.24) is 0 Å².